The Hall–Kier alpha value is -2.24. The molecule has 1 fully saturated rings. The van der Waals surface area contributed by atoms with Crippen molar-refractivity contribution in [2.45, 2.75) is 36.7 Å². The topological polar surface area (TPSA) is 116 Å². The molecule has 1 amide bonds. The van der Waals surface area contributed by atoms with Crippen LogP contribution in [0.25, 0.3) is 0 Å². The molecule has 0 radical (unpaired) electrons. The van der Waals surface area contributed by atoms with E-state index in [0.717, 1.165) is 18.7 Å². The molecule has 1 aliphatic heterocycles. The highest BCUT2D eigenvalue weighted by Gasteiger charge is 2.30. The van der Waals surface area contributed by atoms with Crippen molar-refractivity contribution in [2.24, 2.45) is 0 Å². The Morgan fingerprint density at radius 3 is 2.40 bits per heavy atom. The highest BCUT2D eigenvalue weighted by atomic mass is 32.2. The van der Waals surface area contributed by atoms with Crippen LogP contribution in [-0.4, -0.2) is 76.4 Å². The molecule has 3 rings (SSSR count). The maximum Gasteiger partial charge on any atom is 0.243 e. The van der Waals surface area contributed by atoms with Gasteiger partial charge in [0.2, 0.25) is 21.1 Å². The zero-order valence-corrected chi connectivity index (χ0v) is 18.6. The first-order valence-electron chi connectivity index (χ1n) is 9.74. The third-order valence-electron chi connectivity index (χ3n) is 4.81. The van der Waals surface area contributed by atoms with Gasteiger partial charge in [-0.25, -0.2) is 13.4 Å². The van der Waals surface area contributed by atoms with Crippen molar-refractivity contribution in [3.63, 3.8) is 0 Å². The fourth-order valence-electron chi connectivity index (χ4n) is 3.10. The lowest BCUT2D eigenvalue weighted by atomic mass is 10.2. The molecule has 0 saturated carbocycles. The lowest BCUT2D eigenvalue weighted by Crippen LogP contribution is -2.50. The van der Waals surface area contributed by atoms with Gasteiger partial charge in [0.05, 0.1) is 10.6 Å². The fraction of sp³-hybridized carbons (Fsp3) is 0.474. The number of hydrogen-bond donors (Lipinski definition) is 1. The normalized spacial score (nSPS) is 15.3. The molecule has 0 unspecified atom stereocenters. The quantitative estimate of drug-likeness (QED) is 0.478. The average molecular weight is 452 g/mol. The van der Waals surface area contributed by atoms with Gasteiger partial charge in [0.25, 0.3) is 0 Å². The van der Waals surface area contributed by atoms with Gasteiger partial charge in [-0.15, -0.1) is 5.10 Å². The van der Waals surface area contributed by atoms with Gasteiger partial charge in [0.1, 0.15) is 5.82 Å². The Morgan fingerprint density at radius 1 is 1.13 bits per heavy atom. The molecule has 30 heavy (non-hydrogen) atoms. The van der Waals surface area contributed by atoms with Gasteiger partial charge in [-0.2, -0.15) is 4.31 Å². The molecule has 0 aliphatic carbocycles. The number of rotatable bonds is 8. The zero-order chi connectivity index (χ0) is 21.7. The maximum absolute atomic E-state index is 12.8. The summed E-state index contributed by atoms with van der Waals surface area (Å²) in [5, 5.41) is 7.50. The number of amides is 1. The molecule has 2 aromatic rings. The van der Waals surface area contributed by atoms with Gasteiger partial charge in [-0.1, -0.05) is 30.8 Å². The van der Waals surface area contributed by atoms with Crippen LogP contribution in [0.1, 0.15) is 36.5 Å². The number of piperazine rings is 1. The predicted octanol–water partition coefficient (Wildman–Crippen LogP) is 1.59. The van der Waals surface area contributed by atoms with Crippen molar-refractivity contribution in [3.8, 4) is 0 Å². The number of ketones is 1. The number of aromatic nitrogens is 3. The third-order valence-corrected chi connectivity index (χ3v) is 7.56. The second-order valence-corrected chi connectivity index (χ2v) is 9.85. The molecule has 0 atom stereocenters. The van der Waals surface area contributed by atoms with Crippen LogP contribution < -0.4 is 0 Å². The minimum absolute atomic E-state index is 0.0651. The van der Waals surface area contributed by atoms with E-state index in [1.807, 2.05) is 0 Å². The van der Waals surface area contributed by atoms with Crippen LogP contribution in [0.15, 0.2) is 34.3 Å². The number of carbonyl (C=O) groups is 2. The molecule has 1 aromatic carbocycles. The van der Waals surface area contributed by atoms with Crippen molar-refractivity contribution >= 4 is 33.5 Å². The van der Waals surface area contributed by atoms with Crippen LogP contribution in [0, 0.1) is 0 Å². The second kappa shape index (κ2) is 9.71. The SMILES string of the molecule is CCCc1nc(SCC(=O)N2CCN(S(=O)(=O)c3ccc(C(C)=O)cc3)CC2)n[nH]1. The summed E-state index contributed by atoms with van der Waals surface area (Å²) in [4.78, 5) is 30.0. The molecular formula is C19H25N5O4S2. The zero-order valence-electron chi connectivity index (χ0n) is 17.0. The van der Waals surface area contributed by atoms with Crippen molar-refractivity contribution in [1.82, 2.24) is 24.4 Å². The summed E-state index contributed by atoms with van der Waals surface area (Å²) in [7, 11) is -3.66. The lowest BCUT2D eigenvalue weighted by molar-refractivity contribution is -0.129. The standard InChI is InChI=1S/C19H25N5O4S2/c1-3-4-17-20-19(22-21-17)29-13-18(26)23-9-11-24(12-10-23)30(27,28)16-7-5-15(6-8-16)14(2)25/h5-8H,3-4,9-13H2,1-2H3,(H,20,21,22). The molecule has 162 valence electrons. The van der Waals surface area contributed by atoms with E-state index in [1.54, 1.807) is 4.90 Å². The number of carbonyl (C=O) groups excluding carboxylic acids is 2. The summed E-state index contributed by atoms with van der Waals surface area (Å²) in [5.41, 5.74) is 0.468. The van der Waals surface area contributed by atoms with Gasteiger partial charge >= 0.3 is 0 Å². The van der Waals surface area contributed by atoms with E-state index >= 15 is 0 Å². The summed E-state index contributed by atoms with van der Waals surface area (Å²) in [5.74, 6) is 0.839. The number of aryl methyl sites for hydroxylation is 1. The van der Waals surface area contributed by atoms with Gasteiger partial charge < -0.3 is 4.90 Å². The fourth-order valence-corrected chi connectivity index (χ4v) is 5.24. The number of benzene rings is 1. The Kier molecular flexibility index (Phi) is 7.27. The first-order valence-corrected chi connectivity index (χ1v) is 12.2. The number of thioether (sulfide) groups is 1. The van der Waals surface area contributed by atoms with Crippen LogP contribution >= 0.6 is 11.8 Å². The number of sulfonamides is 1. The first kappa shape index (κ1) is 22.4. The predicted molar refractivity (Wildman–Crippen MR) is 113 cm³/mol. The molecule has 1 aliphatic rings. The van der Waals surface area contributed by atoms with E-state index in [-0.39, 0.29) is 35.4 Å². The van der Waals surface area contributed by atoms with Crippen LogP contribution in [0.5, 0.6) is 0 Å². The van der Waals surface area contributed by atoms with Crippen LogP contribution in [0.2, 0.25) is 0 Å². The first-order chi connectivity index (χ1) is 14.3. The molecule has 0 spiro atoms. The van der Waals surface area contributed by atoms with Crippen LogP contribution in [0.3, 0.4) is 0 Å². The number of H-pyrrole nitrogens is 1. The van der Waals surface area contributed by atoms with Crippen LogP contribution in [-0.2, 0) is 21.2 Å². The minimum atomic E-state index is -3.66. The highest BCUT2D eigenvalue weighted by Crippen LogP contribution is 2.20. The monoisotopic (exact) mass is 451 g/mol. The number of Topliss-reactive ketones (excluding diaryl/α,β-unsaturated/α-hetero) is 1. The van der Waals surface area contributed by atoms with Gasteiger partial charge in [-0.05, 0) is 25.5 Å². The van der Waals surface area contributed by atoms with E-state index in [1.165, 1.54) is 47.3 Å². The van der Waals surface area contributed by atoms with E-state index < -0.39 is 10.0 Å². The maximum atomic E-state index is 12.8. The second-order valence-electron chi connectivity index (χ2n) is 6.97. The van der Waals surface area contributed by atoms with Gasteiger partial charge in [-0.3, -0.25) is 14.7 Å². The molecule has 1 aromatic heterocycles. The van der Waals surface area contributed by atoms with Crippen molar-refractivity contribution < 1.29 is 18.0 Å². The Bertz CT molecular complexity index is 996. The minimum Gasteiger partial charge on any atom is -0.339 e. The third kappa shape index (κ3) is 5.27. The highest BCUT2D eigenvalue weighted by molar-refractivity contribution is 7.99. The summed E-state index contributed by atoms with van der Waals surface area (Å²) in [6.45, 7) is 4.62. The molecule has 11 heteroatoms. The van der Waals surface area contributed by atoms with Crippen molar-refractivity contribution in [2.75, 3.05) is 31.9 Å². The smallest absolute Gasteiger partial charge is 0.243 e. The van der Waals surface area contributed by atoms with Crippen molar-refractivity contribution in [1.29, 1.82) is 0 Å². The number of nitrogens with zero attached hydrogens (tertiary/aromatic N) is 4. The van der Waals surface area contributed by atoms with E-state index in [4.69, 9.17) is 0 Å². The summed E-state index contributed by atoms with van der Waals surface area (Å²) in [6.07, 6.45) is 1.78. The largest absolute Gasteiger partial charge is 0.339 e. The summed E-state index contributed by atoms with van der Waals surface area (Å²) in [6, 6.07) is 5.93. The van der Waals surface area contributed by atoms with Gasteiger partial charge in [0, 0.05) is 38.2 Å². The molecule has 0 bridgehead atoms. The molecule has 2 heterocycles. The molecular weight excluding hydrogens is 426 g/mol. The number of aromatic amines is 1. The van der Waals surface area contributed by atoms with E-state index in [2.05, 4.69) is 22.1 Å². The Morgan fingerprint density at radius 2 is 1.80 bits per heavy atom. The molecule has 9 nitrogen and oxygen atoms in total. The van der Waals surface area contributed by atoms with E-state index in [9.17, 15) is 18.0 Å². The van der Waals surface area contributed by atoms with Crippen molar-refractivity contribution in [3.05, 3.63) is 35.7 Å². The summed E-state index contributed by atoms with van der Waals surface area (Å²) < 4.78 is 27.0. The Balaban J connectivity index is 1.52. The summed E-state index contributed by atoms with van der Waals surface area (Å²) >= 11 is 1.27. The molecule has 1 N–H and O–H groups in total. The number of hydrogen-bond acceptors (Lipinski definition) is 7. The lowest BCUT2D eigenvalue weighted by Gasteiger charge is -2.34. The van der Waals surface area contributed by atoms with E-state index in [0.29, 0.717) is 23.8 Å². The van der Waals surface area contributed by atoms with Crippen LogP contribution in [0.4, 0.5) is 0 Å². The Labute approximate surface area is 180 Å². The average Bonchev–Trinajstić information content (AvgIpc) is 3.20. The van der Waals surface area contributed by atoms with Gasteiger partial charge in [0.15, 0.2) is 5.78 Å². The molecule has 1 saturated heterocycles. The number of nitrogens with one attached hydrogen (secondary N) is 1.